The summed E-state index contributed by atoms with van der Waals surface area (Å²) < 4.78 is 66.0. The topological polar surface area (TPSA) is 157 Å². The Hall–Kier alpha value is -4.14. The summed E-state index contributed by atoms with van der Waals surface area (Å²) in [5.41, 5.74) is 2.20. The Morgan fingerprint density at radius 2 is 1.45 bits per heavy atom. The van der Waals surface area contributed by atoms with Gasteiger partial charge in [-0.25, -0.2) is 9.97 Å². The van der Waals surface area contributed by atoms with Crippen molar-refractivity contribution in [3.05, 3.63) is 90.8 Å². The van der Waals surface area contributed by atoms with Gasteiger partial charge in [-0.05, 0) is 54.7 Å². The molecule has 3 N–H and O–H groups in total. The summed E-state index contributed by atoms with van der Waals surface area (Å²) in [4.78, 5) is 7.88. The number of nitrogens with one attached hydrogen (secondary N) is 2. The van der Waals surface area contributed by atoms with Crippen LogP contribution in [0.2, 0.25) is 0 Å². The third-order valence-corrected chi connectivity index (χ3v) is 10.1. The summed E-state index contributed by atoms with van der Waals surface area (Å²) in [7, 11) is -4.38. The number of aromatic nitrogens is 4. The van der Waals surface area contributed by atoms with E-state index in [1.54, 1.807) is 71.8 Å². The van der Waals surface area contributed by atoms with E-state index in [4.69, 9.17) is 4.74 Å². The Morgan fingerprint density at radius 1 is 0.886 bits per heavy atom. The van der Waals surface area contributed by atoms with E-state index in [0.717, 1.165) is 5.56 Å². The Kier molecular flexibility index (Phi) is 8.86. The van der Waals surface area contributed by atoms with Crippen LogP contribution in [-0.4, -0.2) is 53.3 Å². The number of aryl methyl sites for hydroxylation is 2. The van der Waals surface area contributed by atoms with Crippen LogP contribution in [0, 0.1) is 5.92 Å². The average molecular weight is 641 g/mol. The first-order chi connectivity index (χ1) is 20.9. The Balaban J connectivity index is 1.38. The van der Waals surface area contributed by atoms with E-state index in [1.807, 2.05) is 19.9 Å². The zero-order valence-corrected chi connectivity index (χ0v) is 26.5. The average Bonchev–Trinajstić information content (AvgIpc) is 3.63. The number of anilines is 2. The number of imidazole rings is 2. The van der Waals surface area contributed by atoms with E-state index in [-0.39, 0.29) is 28.0 Å². The third kappa shape index (κ3) is 6.66. The lowest BCUT2D eigenvalue weighted by molar-refractivity contribution is -0.000820. The molecule has 234 valence electrons. The van der Waals surface area contributed by atoms with Crippen molar-refractivity contribution >= 4 is 37.2 Å². The fraction of sp³-hybridized carbons (Fsp3) is 0.333. The van der Waals surface area contributed by atoms with Gasteiger partial charge in [0.15, 0.2) is 10.1 Å². The van der Waals surface area contributed by atoms with E-state index in [0.29, 0.717) is 35.5 Å². The number of sulfonamides is 2. The molecule has 4 atom stereocenters. The van der Waals surface area contributed by atoms with Crippen molar-refractivity contribution in [2.24, 2.45) is 20.0 Å². The van der Waals surface area contributed by atoms with Gasteiger partial charge in [-0.3, -0.25) is 9.44 Å². The zero-order chi connectivity index (χ0) is 31.6. The molecule has 0 saturated carbocycles. The lowest BCUT2D eigenvalue weighted by atomic mass is 9.75. The van der Waals surface area contributed by atoms with Gasteiger partial charge in [-0.15, -0.1) is 0 Å². The molecule has 44 heavy (non-hydrogen) atoms. The summed E-state index contributed by atoms with van der Waals surface area (Å²) in [5.74, 6) is -0.0167. The molecular weight excluding hydrogens is 605 g/mol. The van der Waals surface area contributed by atoms with Crippen LogP contribution in [-0.2, 0) is 38.9 Å². The van der Waals surface area contributed by atoms with Crippen LogP contribution in [0.15, 0.2) is 89.7 Å². The SMILES string of the molecule is CCC1OC(c2cccc(NS(=O)(=O)c3cn(C)cn3)c2)=CC(O)C1C(CC)c1cccc(NS(=O)(=O)c2cn(C)cn2)c1. The zero-order valence-electron chi connectivity index (χ0n) is 24.8. The maximum Gasteiger partial charge on any atom is 0.280 e. The van der Waals surface area contributed by atoms with Crippen molar-refractivity contribution in [1.82, 2.24) is 19.1 Å². The van der Waals surface area contributed by atoms with Crippen molar-refractivity contribution in [3.8, 4) is 0 Å². The Bertz CT molecular complexity index is 1880. The molecule has 0 amide bonds. The summed E-state index contributed by atoms with van der Waals surface area (Å²) in [6.45, 7) is 4.00. The van der Waals surface area contributed by atoms with Crippen LogP contribution in [0.25, 0.3) is 5.76 Å². The van der Waals surface area contributed by atoms with E-state index < -0.39 is 26.2 Å². The molecule has 12 nitrogen and oxygen atoms in total. The van der Waals surface area contributed by atoms with Crippen LogP contribution < -0.4 is 9.44 Å². The number of ether oxygens (including phenoxy) is 1. The number of rotatable bonds is 11. The minimum absolute atomic E-state index is 0.0779. The largest absolute Gasteiger partial charge is 0.490 e. The molecule has 0 fully saturated rings. The molecule has 0 spiro atoms. The maximum atomic E-state index is 12.9. The van der Waals surface area contributed by atoms with Crippen molar-refractivity contribution in [2.75, 3.05) is 9.44 Å². The van der Waals surface area contributed by atoms with Crippen molar-refractivity contribution in [3.63, 3.8) is 0 Å². The second-order valence-corrected chi connectivity index (χ2v) is 14.1. The number of benzene rings is 2. The van der Waals surface area contributed by atoms with E-state index >= 15 is 0 Å². The van der Waals surface area contributed by atoms with Gasteiger partial charge in [0, 0.05) is 49.3 Å². The molecule has 5 rings (SSSR count). The monoisotopic (exact) mass is 640 g/mol. The van der Waals surface area contributed by atoms with Gasteiger partial charge in [-0.2, -0.15) is 16.8 Å². The Morgan fingerprint density at radius 3 is 1.98 bits per heavy atom. The molecular formula is C30H36N6O6S2. The van der Waals surface area contributed by atoms with Crippen molar-refractivity contribution in [2.45, 2.75) is 54.9 Å². The van der Waals surface area contributed by atoms with Gasteiger partial charge in [0.1, 0.15) is 11.9 Å². The predicted octanol–water partition coefficient (Wildman–Crippen LogP) is 4.08. The lowest BCUT2D eigenvalue weighted by Gasteiger charge is -2.40. The molecule has 0 bridgehead atoms. The van der Waals surface area contributed by atoms with Crippen LogP contribution in [0.4, 0.5) is 11.4 Å². The fourth-order valence-corrected chi connectivity index (χ4v) is 7.62. The summed E-state index contributed by atoms with van der Waals surface area (Å²) in [6.07, 6.45) is 7.36. The predicted molar refractivity (Wildman–Crippen MR) is 167 cm³/mol. The maximum absolute atomic E-state index is 12.9. The number of nitrogens with zero attached hydrogens (tertiary/aromatic N) is 4. The first-order valence-electron chi connectivity index (χ1n) is 14.2. The van der Waals surface area contributed by atoms with Gasteiger partial charge in [0.25, 0.3) is 20.0 Å². The van der Waals surface area contributed by atoms with Gasteiger partial charge < -0.3 is 19.0 Å². The van der Waals surface area contributed by atoms with Crippen LogP contribution in [0.1, 0.15) is 43.7 Å². The van der Waals surface area contributed by atoms with Crippen LogP contribution in [0.5, 0.6) is 0 Å². The van der Waals surface area contributed by atoms with E-state index in [9.17, 15) is 21.9 Å². The molecule has 1 aliphatic rings. The minimum atomic E-state index is -3.89. The molecule has 0 aliphatic carbocycles. The lowest BCUT2D eigenvalue weighted by Crippen LogP contribution is -2.40. The molecule has 1 aliphatic heterocycles. The fourth-order valence-electron chi connectivity index (χ4n) is 5.55. The van der Waals surface area contributed by atoms with Gasteiger partial charge in [0.05, 0.1) is 18.8 Å². The highest BCUT2D eigenvalue weighted by Crippen LogP contribution is 2.41. The van der Waals surface area contributed by atoms with Gasteiger partial charge >= 0.3 is 0 Å². The van der Waals surface area contributed by atoms with E-state index in [2.05, 4.69) is 19.4 Å². The van der Waals surface area contributed by atoms with E-state index in [1.165, 1.54) is 25.0 Å². The number of aliphatic hydroxyl groups is 1. The first-order valence-corrected chi connectivity index (χ1v) is 17.1. The quantitative estimate of drug-likeness (QED) is 0.221. The summed E-state index contributed by atoms with van der Waals surface area (Å²) >= 11 is 0. The molecule has 2 aromatic heterocycles. The second-order valence-electron chi connectivity index (χ2n) is 10.9. The first kappa shape index (κ1) is 31.3. The molecule has 3 heterocycles. The number of aliphatic hydroxyl groups excluding tert-OH is 1. The van der Waals surface area contributed by atoms with Crippen molar-refractivity contribution in [1.29, 1.82) is 0 Å². The minimum Gasteiger partial charge on any atom is -0.490 e. The normalized spacial score (nSPS) is 19.6. The van der Waals surface area contributed by atoms with Crippen molar-refractivity contribution < 1.29 is 26.7 Å². The second kappa shape index (κ2) is 12.5. The summed E-state index contributed by atoms with van der Waals surface area (Å²) in [6, 6.07) is 13.9. The number of hydrogen-bond donors (Lipinski definition) is 3. The summed E-state index contributed by atoms with van der Waals surface area (Å²) in [5, 5.41) is 11.3. The van der Waals surface area contributed by atoms with Gasteiger partial charge in [-0.1, -0.05) is 38.1 Å². The highest BCUT2D eigenvalue weighted by molar-refractivity contribution is 7.93. The molecule has 2 aromatic carbocycles. The molecule has 0 radical (unpaired) electrons. The third-order valence-electron chi connectivity index (χ3n) is 7.61. The Labute approximate surface area is 257 Å². The van der Waals surface area contributed by atoms with Crippen LogP contribution in [0.3, 0.4) is 0 Å². The molecule has 4 aromatic rings. The number of hydrogen-bond acceptors (Lipinski definition) is 8. The molecule has 4 unspecified atom stereocenters. The molecule has 14 heteroatoms. The molecule has 0 saturated heterocycles. The van der Waals surface area contributed by atoms with Gasteiger partial charge in [0.2, 0.25) is 0 Å². The standard InChI is InChI=1S/C30H36N6O6S2/c1-5-24(20-9-7-11-22(13-20)33-43(38,39)28-16-35(3)18-31-28)30-25(37)15-27(42-26(30)6-2)21-10-8-12-23(14-21)34-44(40,41)29-17-36(4)19-32-29/h7-19,24-26,30,33-34,37H,5-6H2,1-4H3. The smallest absolute Gasteiger partial charge is 0.280 e. The highest BCUT2D eigenvalue weighted by atomic mass is 32.2. The highest BCUT2D eigenvalue weighted by Gasteiger charge is 2.39. The van der Waals surface area contributed by atoms with Crippen LogP contribution >= 0.6 is 0 Å².